The highest BCUT2D eigenvalue weighted by Gasteiger charge is 2.67. The summed E-state index contributed by atoms with van der Waals surface area (Å²) >= 11 is 0. The molecule has 2 unspecified atom stereocenters. The first-order valence-corrected chi connectivity index (χ1v) is 15.6. The van der Waals surface area contributed by atoms with E-state index in [9.17, 15) is 9.59 Å². The van der Waals surface area contributed by atoms with Gasteiger partial charge < -0.3 is 23.4 Å². The molecule has 10 heteroatoms. The van der Waals surface area contributed by atoms with Gasteiger partial charge in [-0.15, -0.1) is 0 Å². The number of hydrogen-bond donors (Lipinski definition) is 0. The molecule has 0 saturated carbocycles. The molecule has 4 aliphatic rings. The standard InChI is InChI=1S/C26H38N2O7Si/c1-25(2,3)36(7,8)35-19-17-13-18(29)27(14-15-9-11-16(31-6)12-10-15)24(30)28(17)23-22-21(20(19)32-23)33-26(4,5)34-22/h9-12,17,19-23H,13-14H2,1-8H3/t17-,19-,20+,21?,22?,23+/m0/s1. The van der Waals surface area contributed by atoms with Gasteiger partial charge in [0.1, 0.15) is 24.1 Å². The summed E-state index contributed by atoms with van der Waals surface area (Å²) in [4.78, 5) is 30.3. The van der Waals surface area contributed by atoms with Gasteiger partial charge in [-0.2, -0.15) is 0 Å². The Morgan fingerprint density at radius 1 is 1.06 bits per heavy atom. The van der Waals surface area contributed by atoms with Gasteiger partial charge in [0.05, 0.1) is 32.2 Å². The first-order chi connectivity index (χ1) is 16.7. The van der Waals surface area contributed by atoms with Crippen LogP contribution in [0.2, 0.25) is 18.1 Å². The van der Waals surface area contributed by atoms with Gasteiger partial charge in [-0.25, -0.2) is 4.79 Å². The minimum absolute atomic E-state index is 0.0535. The van der Waals surface area contributed by atoms with Gasteiger partial charge in [-0.05, 0) is 49.7 Å². The number of benzene rings is 1. The molecule has 198 valence electrons. The minimum atomic E-state index is -2.27. The molecule has 36 heavy (non-hydrogen) atoms. The van der Waals surface area contributed by atoms with Crippen molar-refractivity contribution in [2.75, 3.05) is 7.11 Å². The molecule has 3 amide bonds. The van der Waals surface area contributed by atoms with E-state index in [1.54, 1.807) is 12.0 Å². The molecule has 0 aliphatic carbocycles. The third kappa shape index (κ3) is 4.16. The molecule has 9 nitrogen and oxygen atoms in total. The lowest BCUT2D eigenvalue weighted by atomic mass is 9.96. The van der Waals surface area contributed by atoms with Crippen LogP contribution in [0.4, 0.5) is 4.79 Å². The van der Waals surface area contributed by atoms with E-state index in [0.29, 0.717) is 5.75 Å². The van der Waals surface area contributed by atoms with Gasteiger partial charge in [0.15, 0.2) is 20.3 Å². The van der Waals surface area contributed by atoms with Crippen molar-refractivity contribution < 1.29 is 33.0 Å². The first-order valence-electron chi connectivity index (χ1n) is 12.7. The second-order valence-corrected chi connectivity index (χ2v) is 16.9. The normalized spacial score (nSPS) is 33.6. The summed E-state index contributed by atoms with van der Waals surface area (Å²) in [5.41, 5.74) is 0.840. The molecule has 5 rings (SSSR count). The number of rotatable bonds is 5. The Hall–Kier alpha value is -1.98. The van der Waals surface area contributed by atoms with Crippen LogP contribution >= 0.6 is 0 Å². The maximum absolute atomic E-state index is 13.9. The van der Waals surface area contributed by atoms with Crippen molar-refractivity contribution in [1.29, 1.82) is 0 Å². The summed E-state index contributed by atoms with van der Waals surface area (Å²) in [7, 11) is -0.669. The van der Waals surface area contributed by atoms with E-state index in [-0.39, 0.29) is 36.0 Å². The largest absolute Gasteiger partial charge is 0.497 e. The number of methoxy groups -OCH3 is 1. The molecule has 6 atom stereocenters. The fourth-order valence-electron chi connectivity index (χ4n) is 5.39. The minimum Gasteiger partial charge on any atom is -0.497 e. The lowest BCUT2D eigenvalue weighted by Crippen LogP contribution is -2.69. The average molecular weight is 519 g/mol. The van der Waals surface area contributed by atoms with Gasteiger partial charge in [0.25, 0.3) is 0 Å². The van der Waals surface area contributed by atoms with E-state index in [4.69, 9.17) is 23.4 Å². The number of imide groups is 1. The molecule has 1 aromatic rings. The van der Waals surface area contributed by atoms with Crippen LogP contribution in [0.3, 0.4) is 0 Å². The number of carbonyl (C=O) groups is 2. The molecular weight excluding hydrogens is 480 g/mol. The number of amides is 3. The van der Waals surface area contributed by atoms with Crippen molar-refractivity contribution in [1.82, 2.24) is 9.80 Å². The van der Waals surface area contributed by atoms with Crippen molar-refractivity contribution in [3.63, 3.8) is 0 Å². The summed E-state index contributed by atoms with van der Waals surface area (Å²) in [6, 6.07) is 6.55. The predicted octanol–water partition coefficient (Wildman–Crippen LogP) is 3.87. The summed E-state index contributed by atoms with van der Waals surface area (Å²) in [5.74, 6) is -0.287. The highest BCUT2D eigenvalue weighted by Crippen LogP contribution is 2.49. The average Bonchev–Trinajstić information content (AvgIpc) is 3.25. The monoisotopic (exact) mass is 518 g/mol. The molecule has 0 radical (unpaired) electrons. The molecular formula is C26H38N2O7Si. The molecule has 4 aliphatic heterocycles. The lowest BCUT2D eigenvalue weighted by molar-refractivity contribution is -0.244. The first kappa shape index (κ1) is 25.7. The summed E-state index contributed by atoms with van der Waals surface area (Å²) in [6.07, 6.45) is -2.18. The Bertz CT molecular complexity index is 1040. The van der Waals surface area contributed by atoms with Crippen LogP contribution < -0.4 is 4.74 Å². The van der Waals surface area contributed by atoms with E-state index in [2.05, 4.69) is 33.9 Å². The van der Waals surface area contributed by atoms with Crippen LogP contribution in [-0.4, -0.2) is 79.6 Å². The van der Waals surface area contributed by atoms with Crippen LogP contribution in [-0.2, 0) is 30.0 Å². The van der Waals surface area contributed by atoms with Gasteiger partial charge in [0.2, 0.25) is 5.91 Å². The molecule has 0 aromatic heterocycles. The van der Waals surface area contributed by atoms with Crippen LogP contribution in [0, 0.1) is 0 Å². The number of ether oxygens (including phenoxy) is 4. The molecule has 2 bridgehead atoms. The van der Waals surface area contributed by atoms with E-state index in [0.717, 1.165) is 5.56 Å². The van der Waals surface area contributed by atoms with E-state index in [1.807, 2.05) is 38.1 Å². The van der Waals surface area contributed by atoms with Crippen molar-refractivity contribution in [3.8, 4) is 5.75 Å². The molecule has 1 aromatic carbocycles. The van der Waals surface area contributed by atoms with Crippen LogP contribution in [0.1, 0.15) is 46.6 Å². The highest BCUT2D eigenvalue weighted by atomic mass is 28.4. The Morgan fingerprint density at radius 3 is 2.31 bits per heavy atom. The SMILES string of the molecule is COc1ccc(CN2C(=O)C[C@H]3[C@H](O[Si](C)(C)C(C)(C)C)[C@H]4O[C@H](C5OC(C)(C)OC54)N3C2=O)cc1. The maximum atomic E-state index is 13.9. The maximum Gasteiger partial charge on any atom is 0.329 e. The van der Waals surface area contributed by atoms with Gasteiger partial charge in [0, 0.05) is 0 Å². The molecule has 4 fully saturated rings. The second-order valence-electron chi connectivity index (χ2n) is 12.2. The molecule has 4 heterocycles. The number of hydrogen-bond acceptors (Lipinski definition) is 7. The fraction of sp³-hybridized carbons (Fsp3) is 0.692. The summed E-state index contributed by atoms with van der Waals surface area (Å²) in [5, 5.41) is -0.0535. The zero-order valence-corrected chi connectivity index (χ0v) is 23.4. The van der Waals surface area contributed by atoms with Crippen LogP contribution in [0.25, 0.3) is 0 Å². The topological polar surface area (TPSA) is 86.8 Å². The van der Waals surface area contributed by atoms with Crippen LogP contribution in [0.15, 0.2) is 24.3 Å². The number of fused-ring (bicyclic) bond motifs is 7. The number of urea groups is 1. The third-order valence-corrected chi connectivity index (χ3v) is 12.7. The lowest BCUT2D eigenvalue weighted by Gasteiger charge is -2.52. The zero-order valence-electron chi connectivity index (χ0n) is 22.4. The zero-order chi connectivity index (χ0) is 26.2. The Balaban J connectivity index is 1.48. The predicted molar refractivity (Wildman–Crippen MR) is 134 cm³/mol. The summed E-state index contributed by atoms with van der Waals surface area (Å²) in [6.45, 7) is 14.8. The van der Waals surface area contributed by atoms with Crippen LogP contribution in [0.5, 0.6) is 5.75 Å². The number of carbonyl (C=O) groups excluding carboxylic acids is 2. The van der Waals surface area contributed by atoms with E-state index >= 15 is 0 Å². The van der Waals surface area contributed by atoms with Crippen molar-refractivity contribution in [2.45, 2.75) is 108 Å². The van der Waals surface area contributed by atoms with Gasteiger partial charge >= 0.3 is 6.03 Å². The van der Waals surface area contributed by atoms with Crippen molar-refractivity contribution in [2.24, 2.45) is 0 Å². The third-order valence-electron chi connectivity index (χ3n) is 8.27. The Labute approximate surface area is 214 Å². The Morgan fingerprint density at radius 2 is 1.69 bits per heavy atom. The molecule has 0 N–H and O–H groups in total. The summed E-state index contributed by atoms with van der Waals surface area (Å²) < 4.78 is 31.1. The van der Waals surface area contributed by atoms with Gasteiger partial charge in [-0.3, -0.25) is 14.6 Å². The van der Waals surface area contributed by atoms with E-state index in [1.165, 1.54) is 4.90 Å². The van der Waals surface area contributed by atoms with Crippen molar-refractivity contribution in [3.05, 3.63) is 29.8 Å². The molecule has 0 spiro atoms. The number of nitrogens with zero attached hydrogens (tertiary/aromatic N) is 2. The Kier molecular flexibility index (Phi) is 6.07. The highest BCUT2D eigenvalue weighted by molar-refractivity contribution is 6.74. The fourth-order valence-corrected chi connectivity index (χ4v) is 6.72. The second kappa shape index (κ2) is 8.52. The quantitative estimate of drug-likeness (QED) is 0.547. The smallest absolute Gasteiger partial charge is 0.329 e. The van der Waals surface area contributed by atoms with Crippen molar-refractivity contribution >= 4 is 20.3 Å². The molecule has 4 saturated heterocycles. The van der Waals surface area contributed by atoms with Gasteiger partial charge in [-0.1, -0.05) is 32.9 Å². The van der Waals surface area contributed by atoms with E-state index < -0.39 is 44.7 Å².